The summed E-state index contributed by atoms with van der Waals surface area (Å²) in [6.45, 7) is 1.54. The van der Waals surface area contributed by atoms with Gasteiger partial charge in [0.15, 0.2) is 0 Å². The number of carbonyl (C=O) groups is 1. The Morgan fingerprint density at radius 1 is 1.35 bits per heavy atom. The van der Waals surface area contributed by atoms with Crippen molar-refractivity contribution in [3.63, 3.8) is 0 Å². The molecule has 3 N–H and O–H groups in total. The summed E-state index contributed by atoms with van der Waals surface area (Å²) in [7, 11) is 0. The van der Waals surface area contributed by atoms with Gasteiger partial charge in [-0.2, -0.15) is 5.26 Å². The number of nitrogens with one attached hydrogen (secondary N) is 1. The number of carbonyl (C=O) groups excluding carboxylic acids is 1. The number of hydrogen-bond acceptors (Lipinski definition) is 3. The zero-order valence-electron chi connectivity index (χ0n) is 10.8. The summed E-state index contributed by atoms with van der Waals surface area (Å²) in [5, 5.41) is 11.5. The number of para-hydroxylation sites is 1. The summed E-state index contributed by atoms with van der Waals surface area (Å²) >= 11 is 0. The molecule has 0 radical (unpaired) electrons. The number of hydrogen-bond donors (Lipinski definition) is 2. The van der Waals surface area contributed by atoms with Crippen LogP contribution >= 0.6 is 0 Å². The molecule has 4 nitrogen and oxygen atoms in total. The van der Waals surface area contributed by atoms with Gasteiger partial charge in [0, 0.05) is 16.8 Å². The number of nitriles is 1. The van der Waals surface area contributed by atoms with Crippen LogP contribution in [0.1, 0.15) is 21.5 Å². The average molecular weight is 269 g/mol. The molecule has 0 aromatic heterocycles. The quantitative estimate of drug-likeness (QED) is 0.823. The molecule has 0 aliphatic heterocycles. The summed E-state index contributed by atoms with van der Waals surface area (Å²) in [5.74, 6) is -1.05. The maximum atomic E-state index is 13.6. The van der Waals surface area contributed by atoms with E-state index in [0.717, 1.165) is 6.07 Å². The van der Waals surface area contributed by atoms with Crippen molar-refractivity contribution in [3.05, 3.63) is 58.9 Å². The molecule has 0 aliphatic rings. The van der Waals surface area contributed by atoms with Crippen LogP contribution in [0, 0.1) is 24.1 Å². The number of nitrogens with two attached hydrogens (primary N) is 1. The summed E-state index contributed by atoms with van der Waals surface area (Å²) in [6, 6.07) is 11.1. The van der Waals surface area contributed by atoms with Crippen LogP contribution in [-0.4, -0.2) is 5.91 Å². The predicted molar refractivity (Wildman–Crippen MR) is 74.7 cm³/mol. The molecule has 0 spiro atoms. The Balaban J connectivity index is 2.32. The van der Waals surface area contributed by atoms with Gasteiger partial charge in [-0.3, -0.25) is 4.79 Å². The second-order valence-electron chi connectivity index (χ2n) is 4.28. The second-order valence-corrected chi connectivity index (χ2v) is 4.28. The van der Waals surface area contributed by atoms with Gasteiger partial charge >= 0.3 is 0 Å². The van der Waals surface area contributed by atoms with E-state index in [0.29, 0.717) is 16.8 Å². The van der Waals surface area contributed by atoms with Crippen molar-refractivity contribution in [3.8, 4) is 6.07 Å². The summed E-state index contributed by atoms with van der Waals surface area (Å²) in [5.41, 5.74) is 6.97. The van der Waals surface area contributed by atoms with Crippen LogP contribution in [-0.2, 0) is 0 Å². The van der Waals surface area contributed by atoms with Crippen molar-refractivity contribution in [1.29, 1.82) is 5.26 Å². The molecule has 100 valence electrons. The Kier molecular flexibility index (Phi) is 3.67. The van der Waals surface area contributed by atoms with Crippen LogP contribution < -0.4 is 11.1 Å². The van der Waals surface area contributed by atoms with Crippen molar-refractivity contribution < 1.29 is 9.18 Å². The molecule has 0 aliphatic carbocycles. The maximum Gasteiger partial charge on any atom is 0.255 e. The van der Waals surface area contributed by atoms with Crippen molar-refractivity contribution in [2.45, 2.75) is 6.92 Å². The number of benzene rings is 2. The van der Waals surface area contributed by atoms with E-state index < -0.39 is 11.7 Å². The lowest BCUT2D eigenvalue weighted by Crippen LogP contribution is -2.14. The van der Waals surface area contributed by atoms with Gasteiger partial charge in [-0.1, -0.05) is 12.1 Å². The molecule has 5 heteroatoms. The zero-order valence-corrected chi connectivity index (χ0v) is 10.8. The van der Waals surface area contributed by atoms with Gasteiger partial charge in [0.2, 0.25) is 0 Å². The van der Waals surface area contributed by atoms with Crippen LogP contribution in [0.5, 0.6) is 0 Å². The van der Waals surface area contributed by atoms with E-state index in [4.69, 9.17) is 11.0 Å². The first-order valence-corrected chi connectivity index (χ1v) is 5.89. The Labute approximate surface area is 115 Å². The Bertz CT molecular complexity index is 696. The van der Waals surface area contributed by atoms with E-state index in [1.54, 1.807) is 24.3 Å². The molecule has 0 bridgehead atoms. The molecule has 0 fully saturated rings. The van der Waals surface area contributed by atoms with Gasteiger partial charge in [-0.25, -0.2) is 4.39 Å². The van der Waals surface area contributed by atoms with Crippen LogP contribution in [0.25, 0.3) is 0 Å². The van der Waals surface area contributed by atoms with Gasteiger partial charge in [0.25, 0.3) is 5.91 Å². The molecule has 2 rings (SSSR count). The molecule has 0 saturated heterocycles. The van der Waals surface area contributed by atoms with Gasteiger partial charge < -0.3 is 11.1 Å². The Morgan fingerprint density at radius 3 is 2.70 bits per heavy atom. The number of amides is 1. The fourth-order valence-corrected chi connectivity index (χ4v) is 1.72. The average Bonchev–Trinajstić information content (AvgIpc) is 2.44. The van der Waals surface area contributed by atoms with E-state index in [2.05, 4.69) is 5.32 Å². The van der Waals surface area contributed by atoms with Crippen LogP contribution in [0.4, 0.5) is 15.8 Å². The first-order valence-electron chi connectivity index (χ1n) is 5.89. The van der Waals surface area contributed by atoms with Crippen molar-refractivity contribution in [1.82, 2.24) is 0 Å². The van der Waals surface area contributed by atoms with E-state index in [1.807, 2.05) is 6.07 Å². The normalized spacial score (nSPS) is 9.85. The first kappa shape index (κ1) is 13.6. The maximum absolute atomic E-state index is 13.6. The van der Waals surface area contributed by atoms with Crippen molar-refractivity contribution in [2.75, 3.05) is 11.1 Å². The van der Waals surface area contributed by atoms with Gasteiger partial charge in [-0.05, 0) is 31.2 Å². The number of halogens is 1. The van der Waals surface area contributed by atoms with E-state index >= 15 is 0 Å². The second kappa shape index (κ2) is 5.41. The van der Waals surface area contributed by atoms with E-state index in [9.17, 15) is 9.18 Å². The number of anilines is 2. The number of nitrogens with zero attached hydrogens (tertiary/aromatic N) is 1. The molecule has 0 saturated carbocycles. The lowest BCUT2D eigenvalue weighted by molar-refractivity contribution is 0.102. The molecule has 0 heterocycles. The minimum Gasteiger partial charge on any atom is -0.398 e. The fourth-order valence-electron chi connectivity index (χ4n) is 1.72. The molecule has 2 aromatic rings. The molecule has 20 heavy (non-hydrogen) atoms. The predicted octanol–water partition coefficient (Wildman–Crippen LogP) is 2.84. The van der Waals surface area contributed by atoms with E-state index in [-0.39, 0.29) is 11.3 Å². The lowest BCUT2D eigenvalue weighted by Gasteiger charge is -2.09. The monoisotopic (exact) mass is 269 g/mol. The first-order chi connectivity index (χ1) is 9.52. The minimum absolute atomic E-state index is 0.110. The van der Waals surface area contributed by atoms with Crippen molar-refractivity contribution in [2.24, 2.45) is 0 Å². The molecular formula is C15H12FN3O. The van der Waals surface area contributed by atoms with Crippen LogP contribution in [0.2, 0.25) is 0 Å². The standard InChI is InChI=1S/C15H12FN3O/c1-9-12(16)6-11(7-13(9)18)15(20)19-14-5-3-2-4-10(14)8-17/h2-7H,18H2,1H3,(H,19,20). The van der Waals surface area contributed by atoms with Gasteiger partial charge in [0.05, 0.1) is 11.3 Å². The Morgan fingerprint density at radius 2 is 2.05 bits per heavy atom. The van der Waals surface area contributed by atoms with Crippen molar-refractivity contribution >= 4 is 17.3 Å². The topological polar surface area (TPSA) is 78.9 Å². The third kappa shape index (κ3) is 2.59. The molecule has 2 aromatic carbocycles. The highest BCUT2D eigenvalue weighted by Crippen LogP contribution is 2.20. The Hall–Kier alpha value is -2.87. The van der Waals surface area contributed by atoms with Gasteiger partial charge in [0.1, 0.15) is 11.9 Å². The van der Waals surface area contributed by atoms with E-state index in [1.165, 1.54) is 13.0 Å². The highest BCUT2D eigenvalue weighted by molar-refractivity contribution is 6.05. The van der Waals surface area contributed by atoms with Crippen LogP contribution in [0.3, 0.4) is 0 Å². The molecule has 1 amide bonds. The number of nitrogen functional groups attached to an aromatic ring is 1. The fraction of sp³-hybridized carbons (Fsp3) is 0.0667. The smallest absolute Gasteiger partial charge is 0.255 e. The minimum atomic E-state index is -0.538. The number of rotatable bonds is 2. The molecular weight excluding hydrogens is 257 g/mol. The SMILES string of the molecule is Cc1c(N)cc(C(=O)Nc2ccccc2C#N)cc1F. The largest absolute Gasteiger partial charge is 0.398 e. The third-order valence-electron chi connectivity index (χ3n) is 2.94. The zero-order chi connectivity index (χ0) is 14.7. The highest BCUT2D eigenvalue weighted by Gasteiger charge is 2.12. The highest BCUT2D eigenvalue weighted by atomic mass is 19.1. The van der Waals surface area contributed by atoms with Gasteiger partial charge in [-0.15, -0.1) is 0 Å². The summed E-state index contributed by atoms with van der Waals surface area (Å²) < 4.78 is 13.6. The lowest BCUT2D eigenvalue weighted by atomic mass is 10.1. The molecule has 0 atom stereocenters. The molecule has 0 unspecified atom stereocenters. The summed E-state index contributed by atoms with van der Waals surface area (Å²) in [6.07, 6.45) is 0. The summed E-state index contributed by atoms with van der Waals surface area (Å²) in [4.78, 5) is 12.1. The van der Waals surface area contributed by atoms with Crippen LogP contribution in [0.15, 0.2) is 36.4 Å². The third-order valence-corrected chi connectivity index (χ3v) is 2.94.